The minimum Gasteiger partial charge on any atom is -0.444 e. The molecule has 4 heteroatoms. The van der Waals surface area contributed by atoms with Gasteiger partial charge in [0.25, 0.3) is 0 Å². The van der Waals surface area contributed by atoms with E-state index in [9.17, 15) is 4.79 Å². The Morgan fingerprint density at radius 3 is 2.48 bits per heavy atom. The smallest absolute Gasteiger partial charge is 0.407 e. The third-order valence-electron chi connectivity index (χ3n) is 4.02. The first-order chi connectivity index (χ1) is 9.92. The van der Waals surface area contributed by atoms with E-state index in [2.05, 4.69) is 17.6 Å². The minimum absolute atomic E-state index is 0.305. The molecule has 1 atom stereocenters. The van der Waals surface area contributed by atoms with Gasteiger partial charge in [0.1, 0.15) is 5.60 Å². The third-order valence-corrected chi connectivity index (χ3v) is 4.02. The first kappa shape index (κ1) is 18.3. The van der Waals surface area contributed by atoms with Crippen LogP contribution >= 0.6 is 0 Å². The van der Waals surface area contributed by atoms with Gasteiger partial charge in [0.15, 0.2) is 0 Å². The Kier molecular flexibility index (Phi) is 8.09. The van der Waals surface area contributed by atoms with Crippen molar-refractivity contribution in [2.24, 2.45) is 5.92 Å². The van der Waals surface area contributed by atoms with Crippen molar-refractivity contribution in [2.75, 3.05) is 13.1 Å². The summed E-state index contributed by atoms with van der Waals surface area (Å²) in [6, 6.07) is 0.379. The van der Waals surface area contributed by atoms with Crippen molar-refractivity contribution in [3.05, 3.63) is 0 Å². The molecule has 0 bridgehead atoms. The van der Waals surface area contributed by atoms with Crippen LogP contribution in [-0.4, -0.2) is 30.8 Å². The topological polar surface area (TPSA) is 50.4 Å². The highest BCUT2D eigenvalue weighted by Gasteiger charge is 2.24. The highest BCUT2D eigenvalue weighted by Crippen LogP contribution is 2.26. The quantitative estimate of drug-likeness (QED) is 0.702. The van der Waals surface area contributed by atoms with E-state index in [0.717, 1.165) is 6.54 Å². The minimum atomic E-state index is -0.430. The molecule has 1 unspecified atom stereocenters. The number of amides is 1. The molecule has 0 aromatic rings. The fraction of sp³-hybridized carbons (Fsp3) is 0.941. The van der Waals surface area contributed by atoms with Crippen molar-refractivity contribution in [2.45, 2.75) is 84.3 Å². The summed E-state index contributed by atoms with van der Waals surface area (Å²) in [4.78, 5) is 11.8. The Hall–Kier alpha value is -0.770. The Labute approximate surface area is 130 Å². The second kappa shape index (κ2) is 9.29. The SMILES string of the molecule is CCCCNC(CNC(=O)OC(C)(C)C)C1CCCCC1. The molecule has 0 radical (unpaired) electrons. The molecule has 0 aromatic heterocycles. The molecule has 21 heavy (non-hydrogen) atoms. The van der Waals surface area contributed by atoms with Crippen LogP contribution < -0.4 is 10.6 Å². The predicted octanol–water partition coefficient (Wildman–Crippen LogP) is 3.85. The molecule has 124 valence electrons. The summed E-state index contributed by atoms with van der Waals surface area (Å²) >= 11 is 0. The van der Waals surface area contributed by atoms with Crippen LogP contribution in [-0.2, 0) is 4.74 Å². The zero-order chi connectivity index (χ0) is 15.7. The maximum absolute atomic E-state index is 11.8. The molecule has 1 rings (SSSR count). The van der Waals surface area contributed by atoms with E-state index >= 15 is 0 Å². The number of alkyl carbamates (subject to hydrolysis) is 1. The highest BCUT2D eigenvalue weighted by atomic mass is 16.6. The van der Waals surface area contributed by atoms with E-state index in [1.807, 2.05) is 20.8 Å². The standard InChI is InChI=1S/C17H34N2O2/c1-5-6-12-18-15(14-10-8-7-9-11-14)13-19-16(20)21-17(2,3)4/h14-15,18H,5-13H2,1-4H3,(H,19,20). The lowest BCUT2D eigenvalue weighted by Gasteiger charge is -2.31. The van der Waals surface area contributed by atoms with Gasteiger partial charge in [-0.2, -0.15) is 0 Å². The van der Waals surface area contributed by atoms with Crippen molar-refractivity contribution in [1.82, 2.24) is 10.6 Å². The van der Waals surface area contributed by atoms with Gasteiger partial charge in [0.05, 0.1) is 0 Å². The molecule has 4 nitrogen and oxygen atoms in total. The van der Waals surface area contributed by atoms with Crippen LogP contribution in [0.2, 0.25) is 0 Å². The molecular weight excluding hydrogens is 264 g/mol. The van der Waals surface area contributed by atoms with Crippen molar-refractivity contribution in [1.29, 1.82) is 0 Å². The third kappa shape index (κ3) is 8.30. The van der Waals surface area contributed by atoms with E-state index in [-0.39, 0.29) is 6.09 Å². The molecule has 0 heterocycles. The van der Waals surface area contributed by atoms with Gasteiger partial charge in [-0.1, -0.05) is 32.6 Å². The van der Waals surface area contributed by atoms with Crippen LogP contribution in [0.5, 0.6) is 0 Å². The molecule has 1 fully saturated rings. The van der Waals surface area contributed by atoms with E-state index in [1.165, 1.54) is 44.9 Å². The lowest BCUT2D eigenvalue weighted by Crippen LogP contribution is -2.47. The number of hydrogen-bond donors (Lipinski definition) is 2. The zero-order valence-electron chi connectivity index (χ0n) is 14.3. The fourth-order valence-corrected chi connectivity index (χ4v) is 2.91. The maximum atomic E-state index is 11.8. The first-order valence-electron chi connectivity index (χ1n) is 8.62. The van der Waals surface area contributed by atoms with E-state index < -0.39 is 5.60 Å². The number of unbranched alkanes of at least 4 members (excludes halogenated alkanes) is 1. The van der Waals surface area contributed by atoms with Gasteiger partial charge in [-0.15, -0.1) is 0 Å². The summed E-state index contributed by atoms with van der Waals surface area (Å²) in [5.74, 6) is 0.686. The Morgan fingerprint density at radius 1 is 1.24 bits per heavy atom. The van der Waals surface area contributed by atoms with Crippen molar-refractivity contribution in [3.63, 3.8) is 0 Å². The summed E-state index contributed by atoms with van der Waals surface area (Å²) in [6.07, 6.45) is 8.64. The molecule has 0 spiro atoms. The highest BCUT2D eigenvalue weighted by molar-refractivity contribution is 5.67. The number of rotatable bonds is 7. The number of hydrogen-bond acceptors (Lipinski definition) is 3. The summed E-state index contributed by atoms with van der Waals surface area (Å²) in [6.45, 7) is 9.59. The molecule has 0 aromatic carbocycles. The summed E-state index contributed by atoms with van der Waals surface area (Å²) < 4.78 is 5.32. The molecule has 0 aliphatic heterocycles. The van der Waals surface area contributed by atoms with E-state index in [4.69, 9.17) is 4.74 Å². The first-order valence-corrected chi connectivity index (χ1v) is 8.62. The van der Waals surface area contributed by atoms with Gasteiger partial charge in [-0.25, -0.2) is 4.79 Å². The number of ether oxygens (including phenoxy) is 1. The molecule has 1 saturated carbocycles. The Bertz CT molecular complexity index is 294. The number of carbonyl (C=O) groups excluding carboxylic acids is 1. The molecule has 2 N–H and O–H groups in total. The molecule has 1 amide bonds. The van der Waals surface area contributed by atoms with Gasteiger partial charge in [-0.05, 0) is 52.5 Å². The largest absolute Gasteiger partial charge is 0.444 e. The van der Waals surface area contributed by atoms with Crippen LogP contribution in [0, 0.1) is 5.92 Å². The normalized spacial score (nSPS) is 18.3. The molecular formula is C17H34N2O2. The second-order valence-corrected chi connectivity index (χ2v) is 7.20. The molecule has 0 saturated heterocycles. The summed E-state index contributed by atoms with van der Waals surface area (Å²) in [5, 5.41) is 6.58. The van der Waals surface area contributed by atoms with Gasteiger partial charge in [-0.3, -0.25) is 0 Å². The monoisotopic (exact) mass is 298 g/mol. The maximum Gasteiger partial charge on any atom is 0.407 e. The lowest BCUT2D eigenvalue weighted by atomic mass is 9.83. The van der Waals surface area contributed by atoms with Gasteiger partial charge in [0, 0.05) is 12.6 Å². The average molecular weight is 298 g/mol. The lowest BCUT2D eigenvalue weighted by molar-refractivity contribution is 0.0516. The molecule has 1 aliphatic carbocycles. The van der Waals surface area contributed by atoms with Gasteiger partial charge < -0.3 is 15.4 Å². The van der Waals surface area contributed by atoms with Crippen molar-refractivity contribution >= 4 is 6.09 Å². The van der Waals surface area contributed by atoms with Gasteiger partial charge in [0.2, 0.25) is 0 Å². The van der Waals surface area contributed by atoms with Crippen LogP contribution in [0.15, 0.2) is 0 Å². The second-order valence-electron chi connectivity index (χ2n) is 7.20. The zero-order valence-corrected chi connectivity index (χ0v) is 14.3. The van der Waals surface area contributed by atoms with Crippen LogP contribution in [0.25, 0.3) is 0 Å². The predicted molar refractivity (Wildman–Crippen MR) is 87.5 cm³/mol. The van der Waals surface area contributed by atoms with Crippen LogP contribution in [0.1, 0.15) is 72.6 Å². The summed E-state index contributed by atoms with van der Waals surface area (Å²) in [7, 11) is 0. The van der Waals surface area contributed by atoms with Gasteiger partial charge >= 0.3 is 6.09 Å². The van der Waals surface area contributed by atoms with Crippen LogP contribution in [0.3, 0.4) is 0 Å². The number of nitrogens with one attached hydrogen (secondary N) is 2. The fourth-order valence-electron chi connectivity index (χ4n) is 2.91. The summed E-state index contributed by atoms with van der Waals surface area (Å²) in [5.41, 5.74) is -0.430. The van der Waals surface area contributed by atoms with Crippen molar-refractivity contribution < 1.29 is 9.53 Å². The van der Waals surface area contributed by atoms with Crippen LogP contribution in [0.4, 0.5) is 4.79 Å². The number of carbonyl (C=O) groups is 1. The Balaban J connectivity index is 2.41. The van der Waals surface area contributed by atoms with Crippen molar-refractivity contribution in [3.8, 4) is 0 Å². The van der Waals surface area contributed by atoms with E-state index in [0.29, 0.717) is 18.5 Å². The average Bonchev–Trinajstić information content (AvgIpc) is 2.41. The van der Waals surface area contributed by atoms with E-state index in [1.54, 1.807) is 0 Å². The Morgan fingerprint density at radius 2 is 1.90 bits per heavy atom. The molecule has 1 aliphatic rings.